The minimum atomic E-state index is 0.617. The first kappa shape index (κ1) is 11.6. The molecule has 0 unspecified atom stereocenters. The molecule has 0 spiro atoms. The first-order chi connectivity index (χ1) is 9.13. The van der Waals surface area contributed by atoms with Gasteiger partial charge in [0.1, 0.15) is 17.5 Å². The molecule has 0 aliphatic carbocycles. The van der Waals surface area contributed by atoms with E-state index in [9.17, 15) is 0 Å². The van der Waals surface area contributed by atoms with Crippen molar-refractivity contribution in [1.82, 2.24) is 9.80 Å². The smallest absolute Gasteiger partial charge is 0.240 e. The Hall–Kier alpha value is -2.50. The van der Waals surface area contributed by atoms with Crippen LogP contribution in [0.15, 0.2) is 56.3 Å². The minimum absolute atomic E-state index is 0.617. The summed E-state index contributed by atoms with van der Waals surface area (Å²) in [4.78, 5) is 21.5. The van der Waals surface area contributed by atoms with Crippen LogP contribution in [-0.2, 0) is 0 Å². The number of hydrogen-bond acceptors (Lipinski definition) is 6. The van der Waals surface area contributed by atoms with Crippen molar-refractivity contribution < 1.29 is 0 Å². The highest BCUT2D eigenvalue weighted by Gasteiger charge is 2.28. The van der Waals surface area contributed by atoms with Crippen LogP contribution in [0.2, 0.25) is 0 Å². The summed E-state index contributed by atoms with van der Waals surface area (Å²) in [6, 6.07) is 0. The van der Waals surface area contributed by atoms with Crippen molar-refractivity contribution in [3.63, 3.8) is 0 Å². The van der Waals surface area contributed by atoms with Gasteiger partial charge in [-0.15, -0.1) is 0 Å². The lowest BCUT2D eigenvalue weighted by atomic mass is 10.2. The summed E-state index contributed by atoms with van der Waals surface area (Å²) in [5, 5.41) is 0. The summed E-state index contributed by atoms with van der Waals surface area (Å²) >= 11 is 0. The molecule has 0 atom stereocenters. The molecular formula is C13H14N6. The van der Waals surface area contributed by atoms with E-state index < -0.39 is 0 Å². The highest BCUT2D eigenvalue weighted by Crippen LogP contribution is 2.22. The van der Waals surface area contributed by atoms with Gasteiger partial charge in [0, 0.05) is 20.3 Å². The lowest BCUT2D eigenvalue weighted by Crippen LogP contribution is -2.40. The Bertz CT molecular complexity index is 628. The van der Waals surface area contributed by atoms with Crippen molar-refractivity contribution in [2.45, 2.75) is 6.92 Å². The lowest BCUT2D eigenvalue weighted by Gasteiger charge is -2.30. The number of amidine groups is 3. The van der Waals surface area contributed by atoms with Gasteiger partial charge in [-0.25, -0.2) is 14.9 Å². The van der Waals surface area contributed by atoms with E-state index in [-0.39, 0.29) is 0 Å². The molecule has 0 amide bonds. The van der Waals surface area contributed by atoms with Crippen molar-refractivity contribution in [1.29, 1.82) is 0 Å². The number of aliphatic imine (C=N–C) groups is 4. The van der Waals surface area contributed by atoms with Gasteiger partial charge in [-0.1, -0.05) is 6.08 Å². The van der Waals surface area contributed by atoms with Crippen LogP contribution in [-0.4, -0.2) is 47.4 Å². The van der Waals surface area contributed by atoms with Crippen LogP contribution in [0.25, 0.3) is 0 Å². The molecule has 6 heteroatoms. The van der Waals surface area contributed by atoms with Crippen LogP contribution < -0.4 is 0 Å². The highest BCUT2D eigenvalue weighted by atomic mass is 15.4. The second kappa shape index (κ2) is 4.31. The van der Waals surface area contributed by atoms with E-state index >= 15 is 0 Å². The van der Waals surface area contributed by atoms with Crippen molar-refractivity contribution in [2.75, 3.05) is 14.1 Å². The predicted molar refractivity (Wildman–Crippen MR) is 77.3 cm³/mol. The van der Waals surface area contributed by atoms with E-state index in [0.29, 0.717) is 17.6 Å². The van der Waals surface area contributed by atoms with Crippen LogP contribution in [0.3, 0.4) is 0 Å². The normalized spacial score (nSPS) is 20.4. The summed E-state index contributed by atoms with van der Waals surface area (Å²) in [7, 11) is 3.91. The number of rotatable bonds is 2. The molecule has 3 rings (SSSR count). The number of nitrogens with zero attached hydrogens (tertiary/aromatic N) is 6. The first-order valence-corrected chi connectivity index (χ1v) is 5.98. The molecule has 0 aromatic heterocycles. The summed E-state index contributed by atoms with van der Waals surface area (Å²) in [6.45, 7) is 1.86. The molecular weight excluding hydrogens is 240 g/mol. The van der Waals surface area contributed by atoms with Gasteiger partial charge in [-0.3, -0.25) is 0 Å². The summed E-state index contributed by atoms with van der Waals surface area (Å²) in [6.07, 6.45) is 9.55. The standard InChI is InChI=1S/C13H14N6/c1-9-14-11-5-4-6-12-16-10(7-8-18(2)3)17-13(15-9)19(11)12/h4-8H,1-3H3/b8-7+. The molecule has 0 aromatic carbocycles. The lowest BCUT2D eigenvalue weighted by molar-refractivity contribution is 0.564. The van der Waals surface area contributed by atoms with Crippen molar-refractivity contribution in [2.24, 2.45) is 20.0 Å². The van der Waals surface area contributed by atoms with Gasteiger partial charge < -0.3 is 4.90 Å². The summed E-state index contributed by atoms with van der Waals surface area (Å²) < 4.78 is 0. The summed E-state index contributed by atoms with van der Waals surface area (Å²) in [5.41, 5.74) is 0. The van der Waals surface area contributed by atoms with Crippen LogP contribution in [0.1, 0.15) is 6.92 Å². The van der Waals surface area contributed by atoms with Crippen LogP contribution in [0, 0.1) is 0 Å². The molecule has 96 valence electrons. The SMILES string of the molecule is CC1=NC2=NC(/C=C/N(C)C)=NC3=CC=CC(=N1)N32. The minimum Gasteiger partial charge on any atom is -0.383 e. The van der Waals surface area contributed by atoms with E-state index in [1.54, 1.807) is 0 Å². The van der Waals surface area contributed by atoms with Gasteiger partial charge in [0.15, 0.2) is 5.84 Å². The third-order valence-corrected chi connectivity index (χ3v) is 2.65. The zero-order valence-electron chi connectivity index (χ0n) is 11.1. The van der Waals surface area contributed by atoms with Gasteiger partial charge >= 0.3 is 0 Å². The van der Waals surface area contributed by atoms with Gasteiger partial charge in [0.05, 0.1) is 0 Å². The first-order valence-electron chi connectivity index (χ1n) is 5.98. The second-order valence-electron chi connectivity index (χ2n) is 4.51. The molecule has 6 nitrogen and oxygen atoms in total. The summed E-state index contributed by atoms with van der Waals surface area (Å²) in [5.74, 6) is 3.56. The van der Waals surface area contributed by atoms with Crippen molar-refractivity contribution in [3.05, 3.63) is 36.3 Å². The third kappa shape index (κ3) is 2.12. The van der Waals surface area contributed by atoms with Gasteiger partial charge in [0.2, 0.25) is 5.96 Å². The maximum absolute atomic E-state index is 4.48. The van der Waals surface area contributed by atoms with Gasteiger partial charge in [-0.05, 0) is 25.2 Å². The predicted octanol–water partition coefficient (Wildman–Crippen LogP) is 1.37. The molecule has 0 saturated heterocycles. The van der Waals surface area contributed by atoms with E-state index in [1.165, 1.54) is 0 Å². The Morgan fingerprint density at radius 2 is 2.00 bits per heavy atom. The molecule has 0 N–H and O–H groups in total. The maximum atomic E-state index is 4.48. The third-order valence-electron chi connectivity index (χ3n) is 2.65. The molecule has 19 heavy (non-hydrogen) atoms. The molecule has 0 aromatic rings. The Kier molecular flexibility index (Phi) is 2.63. The van der Waals surface area contributed by atoms with Crippen molar-refractivity contribution >= 4 is 23.5 Å². The van der Waals surface area contributed by atoms with E-state index in [0.717, 1.165) is 11.7 Å². The Labute approximate surface area is 111 Å². The Morgan fingerprint density at radius 3 is 2.79 bits per heavy atom. The second-order valence-corrected chi connectivity index (χ2v) is 4.51. The fourth-order valence-corrected chi connectivity index (χ4v) is 1.86. The fourth-order valence-electron chi connectivity index (χ4n) is 1.86. The average molecular weight is 254 g/mol. The molecule has 0 radical (unpaired) electrons. The fraction of sp³-hybridized carbons (Fsp3) is 0.231. The highest BCUT2D eigenvalue weighted by molar-refractivity contribution is 6.21. The van der Waals surface area contributed by atoms with Crippen LogP contribution >= 0.6 is 0 Å². The number of guanidine groups is 1. The van der Waals surface area contributed by atoms with E-state index in [2.05, 4.69) is 20.0 Å². The molecule has 3 heterocycles. The van der Waals surface area contributed by atoms with Gasteiger partial charge in [-0.2, -0.15) is 9.98 Å². The quantitative estimate of drug-likeness (QED) is 0.747. The average Bonchev–Trinajstić information content (AvgIpc) is 2.36. The van der Waals surface area contributed by atoms with E-state index in [1.807, 2.05) is 61.3 Å². The molecule has 0 bridgehead atoms. The maximum Gasteiger partial charge on any atom is 0.240 e. The molecule has 0 saturated carbocycles. The molecule has 0 fully saturated rings. The monoisotopic (exact) mass is 254 g/mol. The van der Waals surface area contributed by atoms with Gasteiger partial charge in [0.25, 0.3) is 0 Å². The zero-order chi connectivity index (χ0) is 13.4. The zero-order valence-corrected chi connectivity index (χ0v) is 11.1. The molecule has 3 aliphatic heterocycles. The van der Waals surface area contributed by atoms with Crippen LogP contribution in [0.4, 0.5) is 0 Å². The van der Waals surface area contributed by atoms with Crippen molar-refractivity contribution in [3.8, 4) is 0 Å². The molecule has 3 aliphatic rings. The largest absolute Gasteiger partial charge is 0.383 e. The topological polar surface area (TPSA) is 55.9 Å². The Morgan fingerprint density at radius 1 is 1.16 bits per heavy atom. The number of hydrogen-bond donors (Lipinski definition) is 0. The van der Waals surface area contributed by atoms with E-state index in [4.69, 9.17) is 0 Å². The Balaban J connectivity index is 2.04. The van der Waals surface area contributed by atoms with Crippen LogP contribution in [0.5, 0.6) is 0 Å². The number of allylic oxidation sites excluding steroid dienone is 2.